The number of nitrogens with one attached hydrogen (secondary N) is 1. The molecule has 0 spiro atoms. The van der Waals surface area contributed by atoms with Crippen molar-refractivity contribution in [3.63, 3.8) is 0 Å². The first kappa shape index (κ1) is 17.1. The molecule has 134 valence electrons. The Labute approximate surface area is 154 Å². The third kappa shape index (κ3) is 3.73. The highest BCUT2D eigenvalue weighted by atomic mass is 32.1. The van der Waals surface area contributed by atoms with Crippen LogP contribution in [0.3, 0.4) is 0 Å². The average Bonchev–Trinajstić information content (AvgIpc) is 3.02. The van der Waals surface area contributed by atoms with Crippen LogP contribution in [-0.4, -0.2) is 21.4 Å². The van der Waals surface area contributed by atoms with Crippen molar-refractivity contribution in [1.29, 1.82) is 0 Å². The zero-order valence-electron chi connectivity index (χ0n) is 14.3. The third-order valence-electron chi connectivity index (χ3n) is 4.37. The number of aromatic nitrogens is 2. The van der Waals surface area contributed by atoms with Gasteiger partial charge in [0.1, 0.15) is 11.6 Å². The summed E-state index contributed by atoms with van der Waals surface area (Å²) in [7, 11) is 0. The zero-order valence-corrected chi connectivity index (χ0v) is 15.1. The molecule has 0 saturated heterocycles. The van der Waals surface area contributed by atoms with Crippen LogP contribution in [-0.2, 0) is 19.5 Å². The molecule has 0 amide bonds. The maximum absolute atomic E-state index is 13.8. The van der Waals surface area contributed by atoms with Gasteiger partial charge in [-0.15, -0.1) is 11.3 Å². The Bertz CT molecular complexity index is 941. The average molecular weight is 372 g/mol. The maximum atomic E-state index is 13.8. The van der Waals surface area contributed by atoms with Gasteiger partial charge in [0.2, 0.25) is 5.95 Å². The van der Waals surface area contributed by atoms with Crippen LogP contribution in [0.2, 0.25) is 0 Å². The lowest BCUT2D eigenvalue weighted by molar-refractivity contribution is 0.245. The number of hydrogen-bond acceptors (Lipinski definition) is 5. The molecule has 2 aromatic heterocycles. The first-order valence-electron chi connectivity index (χ1n) is 8.41. The Balaban J connectivity index is 1.46. The van der Waals surface area contributed by atoms with Crippen LogP contribution in [0, 0.1) is 18.6 Å². The first-order chi connectivity index (χ1) is 12.6. The van der Waals surface area contributed by atoms with Gasteiger partial charge < -0.3 is 5.32 Å². The molecule has 1 aliphatic heterocycles. The number of anilines is 2. The molecule has 0 saturated carbocycles. The molecule has 3 aromatic rings. The Morgan fingerprint density at radius 3 is 2.88 bits per heavy atom. The molecule has 0 aliphatic carbocycles. The van der Waals surface area contributed by atoms with Gasteiger partial charge in [-0.2, -0.15) is 0 Å². The summed E-state index contributed by atoms with van der Waals surface area (Å²) in [6.45, 7) is 4.77. The molecule has 26 heavy (non-hydrogen) atoms. The van der Waals surface area contributed by atoms with Gasteiger partial charge in [0.05, 0.1) is 11.4 Å². The summed E-state index contributed by atoms with van der Waals surface area (Å²) in [6, 6.07) is 7.71. The van der Waals surface area contributed by atoms with Crippen molar-refractivity contribution in [2.45, 2.75) is 26.4 Å². The van der Waals surface area contributed by atoms with Crippen molar-refractivity contribution in [3.8, 4) is 0 Å². The van der Waals surface area contributed by atoms with E-state index < -0.39 is 11.6 Å². The number of thiophene rings is 1. The predicted molar refractivity (Wildman–Crippen MR) is 98.5 cm³/mol. The van der Waals surface area contributed by atoms with E-state index in [1.807, 2.05) is 11.3 Å². The lowest BCUT2D eigenvalue weighted by Gasteiger charge is -2.27. The molecule has 0 radical (unpaired) electrons. The van der Waals surface area contributed by atoms with Gasteiger partial charge in [0, 0.05) is 53.6 Å². The highest BCUT2D eigenvalue weighted by molar-refractivity contribution is 7.11. The van der Waals surface area contributed by atoms with Gasteiger partial charge in [0.15, 0.2) is 0 Å². The van der Waals surface area contributed by atoms with Crippen LogP contribution in [0.5, 0.6) is 0 Å². The Kier molecular flexibility index (Phi) is 4.65. The molecule has 7 heteroatoms. The van der Waals surface area contributed by atoms with Gasteiger partial charge in [0.25, 0.3) is 0 Å². The molecule has 0 unspecified atom stereocenters. The van der Waals surface area contributed by atoms with Gasteiger partial charge in [-0.3, -0.25) is 4.90 Å². The van der Waals surface area contributed by atoms with Crippen LogP contribution in [0.4, 0.5) is 20.4 Å². The van der Waals surface area contributed by atoms with Crippen molar-refractivity contribution in [2.75, 3.05) is 11.9 Å². The number of aryl methyl sites for hydroxylation is 1. The maximum Gasteiger partial charge on any atom is 0.227 e. The van der Waals surface area contributed by atoms with E-state index in [1.54, 1.807) is 6.20 Å². The predicted octanol–water partition coefficient (Wildman–Crippen LogP) is 4.43. The van der Waals surface area contributed by atoms with E-state index in [-0.39, 0.29) is 5.69 Å². The fourth-order valence-electron chi connectivity index (χ4n) is 3.07. The summed E-state index contributed by atoms with van der Waals surface area (Å²) in [6.07, 6.45) is 2.61. The minimum atomic E-state index is -0.663. The van der Waals surface area contributed by atoms with E-state index in [1.165, 1.54) is 21.9 Å². The lowest BCUT2D eigenvalue weighted by Crippen LogP contribution is -2.30. The van der Waals surface area contributed by atoms with Crippen molar-refractivity contribution in [1.82, 2.24) is 14.9 Å². The van der Waals surface area contributed by atoms with E-state index in [9.17, 15) is 8.78 Å². The summed E-state index contributed by atoms with van der Waals surface area (Å²) < 4.78 is 26.8. The summed E-state index contributed by atoms with van der Waals surface area (Å²) in [5, 5.41) is 2.83. The van der Waals surface area contributed by atoms with Crippen molar-refractivity contribution in [3.05, 3.63) is 69.2 Å². The molecule has 1 N–H and O–H groups in total. The second-order valence-corrected chi connectivity index (χ2v) is 7.76. The molecule has 0 atom stereocenters. The van der Waals surface area contributed by atoms with Crippen LogP contribution >= 0.6 is 11.3 Å². The van der Waals surface area contributed by atoms with Gasteiger partial charge >= 0.3 is 0 Å². The molecule has 3 heterocycles. The fourth-order valence-corrected chi connectivity index (χ4v) is 4.00. The smallest absolute Gasteiger partial charge is 0.227 e. The van der Waals surface area contributed by atoms with Crippen LogP contribution in [0.1, 0.15) is 21.0 Å². The number of nitrogens with zero attached hydrogens (tertiary/aromatic N) is 3. The summed E-state index contributed by atoms with van der Waals surface area (Å²) in [5.74, 6) is -0.944. The first-order valence-corrected chi connectivity index (χ1v) is 9.23. The molecule has 4 nitrogen and oxygen atoms in total. The molecule has 1 aliphatic rings. The van der Waals surface area contributed by atoms with Crippen molar-refractivity contribution in [2.24, 2.45) is 0 Å². The number of fused-ring (bicyclic) bond motifs is 1. The van der Waals surface area contributed by atoms with Gasteiger partial charge in [-0.25, -0.2) is 18.7 Å². The molecule has 1 aromatic carbocycles. The summed E-state index contributed by atoms with van der Waals surface area (Å²) in [4.78, 5) is 13.9. The number of halogens is 2. The minimum absolute atomic E-state index is 0.164. The summed E-state index contributed by atoms with van der Waals surface area (Å²) >= 11 is 1.82. The second-order valence-electron chi connectivity index (χ2n) is 6.39. The van der Waals surface area contributed by atoms with Gasteiger partial charge in [-0.05, 0) is 31.2 Å². The molecule has 4 rings (SSSR count). The van der Waals surface area contributed by atoms with Crippen LogP contribution in [0.25, 0.3) is 0 Å². The Morgan fingerprint density at radius 1 is 1.23 bits per heavy atom. The highest BCUT2D eigenvalue weighted by Crippen LogP contribution is 2.24. The molecule has 0 bridgehead atoms. The third-order valence-corrected chi connectivity index (χ3v) is 5.35. The fraction of sp³-hybridized carbons (Fsp3) is 0.263. The Hall–Kier alpha value is -2.38. The van der Waals surface area contributed by atoms with Crippen LogP contribution < -0.4 is 5.32 Å². The molecular weight excluding hydrogens is 354 g/mol. The Morgan fingerprint density at radius 2 is 2.12 bits per heavy atom. The molecular formula is C19H18F2N4S. The van der Waals surface area contributed by atoms with E-state index >= 15 is 0 Å². The number of benzene rings is 1. The van der Waals surface area contributed by atoms with Crippen molar-refractivity contribution < 1.29 is 8.78 Å². The normalized spacial score (nSPS) is 14.3. The monoisotopic (exact) mass is 372 g/mol. The van der Waals surface area contributed by atoms with E-state index in [4.69, 9.17) is 0 Å². The topological polar surface area (TPSA) is 41.1 Å². The second kappa shape index (κ2) is 7.09. The zero-order chi connectivity index (χ0) is 18.1. The lowest BCUT2D eigenvalue weighted by atomic mass is 10.1. The van der Waals surface area contributed by atoms with E-state index in [0.717, 1.165) is 43.4 Å². The van der Waals surface area contributed by atoms with Crippen molar-refractivity contribution >= 4 is 23.0 Å². The van der Waals surface area contributed by atoms with Gasteiger partial charge in [-0.1, -0.05) is 0 Å². The quantitative estimate of drug-likeness (QED) is 0.736. The highest BCUT2D eigenvalue weighted by Gasteiger charge is 2.19. The summed E-state index contributed by atoms with van der Waals surface area (Å²) in [5.41, 5.74) is 2.23. The van der Waals surface area contributed by atoms with E-state index in [0.29, 0.717) is 5.95 Å². The minimum Gasteiger partial charge on any atom is -0.322 e. The number of rotatable bonds is 4. The SMILES string of the molecule is Cc1ccc(CN2CCc3nc(Nc4ccc(F)cc4F)ncc3C2)s1. The molecule has 0 fully saturated rings. The van der Waals surface area contributed by atoms with E-state index in [2.05, 4.69) is 39.2 Å². The largest absolute Gasteiger partial charge is 0.322 e. The number of hydrogen-bond donors (Lipinski definition) is 1. The van der Waals surface area contributed by atoms with Crippen LogP contribution in [0.15, 0.2) is 36.5 Å². The standard InChI is InChI=1S/C19H18F2N4S/c1-12-2-4-15(26-12)11-25-7-6-17-13(10-25)9-22-19(23-17)24-18-5-3-14(20)8-16(18)21/h2-5,8-9H,6-7,10-11H2,1H3,(H,22,23,24).